The number of benzene rings is 6. The maximum atomic E-state index is 2.82. The van der Waals surface area contributed by atoms with Crippen molar-refractivity contribution in [3.05, 3.63) is 171 Å². The normalized spacial score (nSPS) is 26.0. The van der Waals surface area contributed by atoms with Crippen LogP contribution in [-0.2, 0) is 54.1 Å². The van der Waals surface area contributed by atoms with Crippen molar-refractivity contribution in [2.24, 2.45) is 22.7 Å². The molecule has 6 aromatic carbocycles. The molecule has 1 saturated carbocycles. The monoisotopic (exact) mass is 1170 g/mol. The smallest absolute Gasteiger partial charge is 0.252 e. The topological polar surface area (TPSA) is 9.72 Å². The molecule has 0 amide bonds. The van der Waals surface area contributed by atoms with E-state index in [1.807, 2.05) is 0 Å². The van der Waals surface area contributed by atoms with Gasteiger partial charge in [-0.15, -0.1) is 0 Å². The summed E-state index contributed by atoms with van der Waals surface area (Å²) in [6.07, 6.45) is 14.8. The van der Waals surface area contributed by atoms with Crippen molar-refractivity contribution in [1.29, 1.82) is 0 Å². The van der Waals surface area contributed by atoms with Crippen LogP contribution in [0.25, 0.3) is 0 Å². The van der Waals surface area contributed by atoms with Crippen LogP contribution in [0, 0.1) is 22.7 Å². The van der Waals surface area contributed by atoms with Gasteiger partial charge in [-0.1, -0.05) is 209 Å². The predicted molar refractivity (Wildman–Crippen MR) is 379 cm³/mol. The van der Waals surface area contributed by atoms with E-state index in [2.05, 4.69) is 290 Å². The van der Waals surface area contributed by atoms with Crippen molar-refractivity contribution in [1.82, 2.24) is 0 Å². The molecule has 0 aromatic heterocycles. The Morgan fingerprint density at radius 1 is 0.330 bits per heavy atom. The fraction of sp³-hybridized carbons (Fsp3) is 0.524. The molecule has 2 unspecified atom stereocenters. The standard InChI is InChI=1S/C84H104BN3/c1-73(2)43-77(9,10)58-33-49(25-29-54(58)73)86(50-26-30-55-59(34-50)78(11,12)44-74(55,3)4)53-37-70-72-71(38-53)88(52-28-32-57-61(36-52)80(15,16)46-76(57,7)8)69-42-65-63(82(19,20)48-84(65,23)24)40-67(69)85(72)66-39-62-64(83(21,22)47-81(62,17)18)41-68(66)87(70)51-27-31-56-60(35-51)79(13,14)45-75(56,5)6/h25-42,56,60H,43-48H2,1-24H3. The third kappa shape index (κ3) is 8.05. The number of nitrogens with zero attached hydrogens (tertiary/aromatic N) is 3. The summed E-state index contributed by atoms with van der Waals surface area (Å²) >= 11 is 0. The predicted octanol–water partition coefficient (Wildman–Crippen LogP) is 20.8. The summed E-state index contributed by atoms with van der Waals surface area (Å²) in [5.41, 5.74) is 31.4. The lowest BCUT2D eigenvalue weighted by Gasteiger charge is -2.47. The SMILES string of the molecule is CC1(C)CC(C)(C)c2cc(N(c3cc4c5c(c3)N(c3ccc6c(c3)C(C)(C)CC6(C)C)c3cc6c(cc3B5c3cc5c(cc3N4C3=CC4C(C=C3)C(C)(C)CC4(C)C)C(C)(C)CC5(C)C)C(C)(C)CC6(C)C)c3ccc4c(c3)C(C)(C)CC4(C)C)ccc21. The summed E-state index contributed by atoms with van der Waals surface area (Å²) in [6, 6.07) is 39.2. The Morgan fingerprint density at radius 2 is 0.682 bits per heavy atom. The number of allylic oxidation sites excluding steroid dienone is 3. The van der Waals surface area contributed by atoms with Crippen LogP contribution >= 0.6 is 0 Å². The lowest BCUT2D eigenvalue weighted by atomic mass is 9.33. The van der Waals surface area contributed by atoms with Crippen LogP contribution in [0.1, 0.15) is 260 Å². The minimum absolute atomic E-state index is 0.00238. The molecule has 0 spiro atoms. The number of anilines is 8. The van der Waals surface area contributed by atoms with Crippen molar-refractivity contribution >= 4 is 68.6 Å². The minimum Gasteiger partial charge on any atom is -0.312 e. The van der Waals surface area contributed by atoms with Crippen LogP contribution in [0.3, 0.4) is 0 Å². The van der Waals surface area contributed by atoms with Gasteiger partial charge < -0.3 is 14.7 Å². The van der Waals surface area contributed by atoms with Gasteiger partial charge in [0.1, 0.15) is 0 Å². The minimum atomic E-state index is -0.0155. The summed E-state index contributed by atoms with van der Waals surface area (Å²) in [5.74, 6) is 0.861. The van der Waals surface area contributed by atoms with E-state index in [1.54, 1.807) is 0 Å². The molecule has 2 heterocycles. The Bertz CT molecular complexity index is 4070. The van der Waals surface area contributed by atoms with E-state index in [4.69, 9.17) is 0 Å². The Morgan fingerprint density at radius 3 is 1.12 bits per heavy atom. The molecule has 3 nitrogen and oxygen atoms in total. The third-order valence-corrected chi connectivity index (χ3v) is 25.3. The first-order valence-electron chi connectivity index (χ1n) is 34.3. The van der Waals surface area contributed by atoms with Crippen molar-refractivity contribution in [2.45, 2.75) is 259 Å². The molecular formula is C84H104BN3. The van der Waals surface area contributed by atoms with Gasteiger partial charge in [0.15, 0.2) is 0 Å². The largest absolute Gasteiger partial charge is 0.312 e. The zero-order valence-corrected chi connectivity index (χ0v) is 58.7. The number of hydrogen-bond donors (Lipinski definition) is 0. The molecule has 9 aliphatic rings. The highest BCUT2D eigenvalue weighted by atomic mass is 15.2. The summed E-state index contributed by atoms with van der Waals surface area (Å²) < 4.78 is 0. The van der Waals surface area contributed by atoms with Crippen molar-refractivity contribution in [3.63, 3.8) is 0 Å². The third-order valence-electron chi connectivity index (χ3n) is 25.3. The van der Waals surface area contributed by atoms with Gasteiger partial charge in [-0.2, -0.15) is 0 Å². The second-order valence-electron chi connectivity index (χ2n) is 38.3. The number of fused-ring (bicyclic) bond motifs is 10. The van der Waals surface area contributed by atoms with E-state index in [1.165, 1.54) is 130 Å². The molecule has 88 heavy (non-hydrogen) atoms. The molecule has 7 aliphatic carbocycles. The Hall–Kier alpha value is -5.74. The summed E-state index contributed by atoms with van der Waals surface area (Å²) in [4.78, 5) is 8.33. The van der Waals surface area contributed by atoms with E-state index in [-0.39, 0.29) is 71.7 Å². The lowest BCUT2D eigenvalue weighted by molar-refractivity contribution is 0.282. The number of rotatable bonds is 5. The van der Waals surface area contributed by atoms with Crippen LogP contribution in [0.5, 0.6) is 0 Å². The fourth-order valence-electron chi connectivity index (χ4n) is 23.1. The van der Waals surface area contributed by atoms with Gasteiger partial charge in [0, 0.05) is 45.5 Å². The average Bonchev–Trinajstić information content (AvgIpc) is 0.897. The second kappa shape index (κ2) is 17.2. The van der Waals surface area contributed by atoms with Gasteiger partial charge in [-0.3, -0.25) is 0 Å². The highest BCUT2D eigenvalue weighted by molar-refractivity contribution is 7.00. The van der Waals surface area contributed by atoms with Crippen molar-refractivity contribution in [3.8, 4) is 0 Å². The van der Waals surface area contributed by atoms with Crippen LogP contribution in [0.15, 0.2) is 115 Å². The van der Waals surface area contributed by atoms with E-state index in [9.17, 15) is 0 Å². The maximum Gasteiger partial charge on any atom is 0.252 e. The lowest BCUT2D eigenvalue weighted by Crippen LogP contribution is -2.62. The van der Waals surface area contributed by atoms with Crippen molar-refractivity contribution in [2.75, 3.05) is 14.7 Å². The maximum absolute atomic E-state index is 2.82. The van der Waals surface area contributed by atoms with Crippen LogP contribution in [0.2, 0.25) is 0 Å². The Kier molecular flexibility index (Phi) is 11.5. The molecule has 1 fully saturated rings. The zero-order valence-electron chi connectivity index (χ0n) is 58.7. The van der Waals surface area contributed by atoms with E-state index < -0.39 is 0 Å². The first kappa shape index (κ1) is 58.6. The van der Waals surface area contributed by atoms with Crippen LogP contribution < -0.4 is 31.1 Å². The van der Waals surface area contributed by atoms with Crippen LogP contribution in [-0.4, -0.2) is 6.71 Å². The average molecular weight is 1170 g/mol. The first-order chi connectivity index (χ1) is 40.5. The van der Waals surface area contributed by atoms with Gasteiger partial charge in [0.25, 0.3) is 6.71 Å². The molecule has 0 saturated heterocycles. The highest BCUT2D eigenvalue weighted by Crippen LogP contribution is 2.62. The summed E-state index contributed by atoms with van der Waals surface area (Å²) in [6.45, 7) is 60.1. The molecule has 0 N–H and O–H groups in total. The molecule has 2 aliphatic heterocycles. The van der Waals surface area contributed by atoms with Gasteiger partial charge in [-0.25, -0.2) is 0 Å². The van der Waals surface area contributed by atoms with E-state index in [0.717, 1.165) is 32.1 Å². The molecule has 2 atom stereocenters. The molecule has 458 valence electrons. The molecular weight excluding hydrogens is 1060 g/mol. The highest BCUT2D eigenvalue weighted by Gasteiger charge is 2.55. The van der Waals surface area contributed by atoms with Gasteiger partial charge in [0.05, 0.1) is 5.69 Å². The quantitative estimate of drug-likeness (QED) is 0.159. The number of hydrogen-bond acceptors (Lipinski definition) is 3. The molecule has 4 heteroatoms. The van der Waals surface area contributed by atoms with E-state index >= 15 is 0 Å². The molecule has 6 aromatic rings. The van der Waals surface area contributed by atoms with E-state index in [0.29, 0.717) is 11.8 Å². The summed E-state index contributed by atoms with van der Waals surface area (Å²) in [7, 11) is 0. The zero-order chi connectivity index (χ0) is 63.1. The van der Waals surface area contributed by atoms with Gasteiger partial charge in [0.2, 0.25) is 0 Å². The van der Waals surface area contributed by atoms with Crippen molar-refractivity contribution < 1.29 is 0 Å². The fourth-order valence-corrected chi connectivity index (χ4v) is 23.1. The molecule has 0 bridgehead atoms. The van der Waals surface area contributed by atoms with Gasteiger partial charge >= 0.3 is 0 Å². The molecule has 0 radical (unpaired) electrons. The van der Waals surface area contributed by atoms with Gasteiger partial charge in [-0.05, 0) is 254 Å². The Labute approximate surface area is 532 Å². The molecule has 15 rings (SSSR count). The summed E-state index contributed by atoms with van der Waals surface area (Å²) in [5, 5.41) is 0. The Balaban J connectivity index is 1.10. The van der Waals surface area contributed by atoms with Crippen LogP contribution in [0.4, 0.5) is 45.5 Å². The second-order valence-corrected chi connectivity index (χ2v) is 38.3. The first-order valence-corrected chi connectivity index (χ1v) is 34.3.